The Hall–Kier alpha value is -1.07. The molecule has 0 bridgehead atoms. The molecule has 0 aliphatic carbocycles. The van der Waals surface area contributed by atoms with Crippen LogP contribution in [0.2, 0.25) is 0 Å². The Labute approximate surface area is 141 Å². The molecule has 2 rings (SSSR count). The number of likely N-dealkylation sites (tertiary alicyclic amines) is 1. The van der Waals surface area contributed by atoms with Crippen molar-refractivity contribution in [2.24, 2.45) is 11.7 Å². The monoisotopic (exact) mass is 368 g/mol. The van der Waals surface area contributed by atoms with Crippen LogP contribution in [0, 0.1) is 5.92 Å². The summed E-state index contributed by atoms with van der Waals surface area (Å²) >= 11 is 3.46. The summed E-state index contributed by atoms with van der Waals surface area (Å²) in [7, 11) is 0. The highest BCUT2D eigenvalue weighted by atomic mass is 79.9. The molecule has 1 aromatic carbocycles. The Kier molecular flexibility index (Phi) is 5.87. The van der Waals surface area contributed by atoms with Gasteiger partial charge in [-0.1, -0.05) is 22.9 Å². The van der Waals surface area contributed by atoms with Crippen LogP contribution in [-0.4, -0.2) is 36.0 Å². The van der Waals surface area contributed by atoms with Gasteiger partial charge in [0.25, 0.3) is 5.91 Å². The number of rotatable bonds is 4. The third-order valence-electron chi connectivity index (χ3n) is 4.00. The fraction of sp³-hybridized carbons (Fsp3) is 0.588. The molecule has 0 aromatic heterocycles. The number of halogens is 1. The van der Waals surface area contributed by atoms with Crippen molar-refractivity contribution in [3.8, 4) is 5.75 Å². The third-order valence-corrected chi connectivity index (χ3v) is 4.46. The maximum absolute atomic E-state index is 12.9. The molecule has 1 amide bonds. The SMILES string of the molecule is CC1CCN(C(=O)c2cc(Br)cc(OC(C)C)c2)C(CN)C1. The van der Waals surface area contributed by atoms with Gasteiger partial charge in [0.2, 0.25) is 0 Å². The molecular formula is C17H25BrN2O2. The first kappa shape index (κ1) is 17.3. The number of benzene rings is 1. The van der Waals surface area contributed by atoms with Crippen molar-refractivity contribution in [3.05, 3.63) is 28.2 Å². The lowest BCUT2D eigenvalue weighted by atomic mass is 9.92. The van der Waals surface area contributed by atoms with Crippen molar-refractivity contribution in [1.82, 2.24) is 4.90 Å². The first-order chi connectivity index (χ1) is 10.4. The lowest BCUT2D eigenvalue weighted by Crippen LogP contribution is -2.49. The van der Waals surface area contributed by atoms with Gasteiger partial charge < -0.3 is 15.4 Å². The van der Waals surface area contributed by atoms with Crippen LogP contribution in [-0.2, 0) is 0 Å². The van der Waals surface area contributed by atoms with E-state index in [-0.39, 0.29) is 18.1 Å². The van der Waals surface area contributed by atoms with E-state index in [0.29, 0.717) is 23.8 Å². The lowest BCUT2D eigenvalue weighted by molar-refractivity contribution is 0.0573. The molecule has 5 heteroatoms. The molecule has 1 fully saturated rings. The number of hydrogen-bond acceptors (Lipinski definition) is 3. The number of piperidine rings is 1. The van der Waals surface area contributed by atoms with E-state index in [9.17, 15) is 4.79 Å². The molecule has 2 unspecified atom stereocenters. The van der Waals surface area contributed by atoms with Gasteiger partial charge in [0, 0.05) is 29.2 Å². The molecule has 0 spiro atoms. The highest BCUT2D eigenvalue weighted by molar-refractivity contribution is 9.10. The van der Waals surface area contributed by atoms with Gasteiger partial charge in [0.1, 0.15) is 5.75 Å². The van der Waals surface area contributed by atoms with E-state index in [0.717, 1.165) is 23.9 Å². The average Bonchev–Trinajstić information content (AvgIpc) is 2.45. The van der Waals surface area contributed by atoms with E-state index < -0.39 is 0 Å². The summed E-state index contributed by atoms with van der Waals surface area (Å²) in [6.45, 7) is 7.45. The molecule has 0 saturated carbocycles. The van der Waals surface area contributed by atoms with Crippen LogP contribution in [0.15, 0.2) is 22.7 Å². The first-order valence-corrected chi connectivity index (χ1v) is 8.68. The van der Waals surface area contributed by atoms with Crippen LogP contribution in [0.5, 0.6) is 5.75 Å². The largest absolute Gasteiger partial charge is 0.491 e. The minimum absolute atomic E-state index is 0.0391. The van der Waals surface area contributed by atoms with Crippen molar-refractivity contribution in [1.29, 1.82) is 0 Å². The van der Waals surface area contributed by atoms with Gasteiger partial charge in [-0.3, -0.25) is 4.79 Å². The van der Waals surface area contributed by atoms with Gasteiger partial charge in [-0.2, -0.15) is 0 Å². The number of carbonyl (C=O) groups excluding carboxylic acids is 1. The average molecular weight is 369 g/mol. The Balaban J connectivity index is 2.22. The fourth-order valence-electron chi connectivity index (χ4n) is 2.93. The third kappa shape index (κ3) is 4.23. The van der Waals surface area contributed by atoms with E-state index >= 15 is 0 Å². The van der Waals surface area contributed by atoms with E-state index in [2.05, 4.69) is 22.9 Å². The van der Waals surface area contributed by atoms with Crippen LogP contribution >= 0.6 is 15.9 Å². The second kappa shape index (κ2) is 7.47. The zero-order valence-electron chi connectivity index (χ0n) is 13.5. The molecule has 0 radical (unpaired) electrons. The number of amides is 1. The smallest absolute Gasteiger partial charge is 0.254 e. The van der Waals surface area contributed by atoms with Gasteiger partial charge in [-0.15, -0.1) is 0 Å². The fourth-order valence-corrected chi connectivity index (χ4v) is 3.41. The normalized spacial score (nSPS) is 22.0. The van der Waals surface area contributed by atoms with E-state index in [1.165, 1.54) is 0 Å². The number of hydrogen-bond donors (Lipinski definition) is 1. The van der Waals surface area contributed by atoms with Crippen molar-refractivity contribution in [2.75, 3.05) is 13.1 Å². The molecule has 1 aromatic rings. The number of ether oxygens (including phenoxy) is 1. The zero-order chi connectivity index (χ0) is 16.3. The van der Waals surface area contributed by atoms with Crippen LogP contribution in [0.25, 0.3) is 0 Å². The number of nitrogens with zero attached hydrogens (tertiary/aromatic N) is 1. The topological polar surface area (TPSA) is 55.6 Å². The maximum Gasteiger partial charge on any atom is 0.254 e. The highest BCUT2D eigenvalue weighted by Gasteiger charge is 2.29. The van der Waals surface area contributed by atoms with Crippen LogP contribution in [0.4, 0.5) is 0 Å². The van der Waals surface area contributed by atoms with Crippen LogP contribution in [0.1, 0.15) is 44.0 Å². The molecule has 122 valence electrons. The summed E-state index contributed by atoms with van der Waals surface area (Å²) in [4.78, 5) is 14.8. The molecule has 1 aliphatic heterocycles. The van der Waals surface area contributed by atoms with E-state index in [4.69, 9.17) is 10.5 Å². The summed E-state index contributed by atoms with van der Waals surface area (Å²) in [6, 6.07) is 5.68. The van der Waals surface area contributed by atoms with Gasteiger partial charge in [-0.05, 0) is 50.8 Å². The summed E-state index contributed by atoms with van der Waals surface area (Å²) in [5.74, 6) is 1.37. The summed E-state index contributed by atoms with van der Waals surface area (Å²) in [5.41, 5.74) is 6.52. The molecule has 1 aliphatic rings. The van der Waals surface area contributed by atoms with Crippen LogP contribution < -0.4 is 10.5 Å². The van der Waals surface area contributed by atoms with E-state index in [1.54, 1.807) is 0 Å². The zero-order valence-corrected chi connectivity index (χ0v) is 15.1. The van der Waals surface area contributed by atoms with Gasteiger partial charge in [0.05, 0.1) is 6.10 Å². The second-order valence-electron chi connectivity index (χ2n) is 6.36. The van der Waals surface area contributed by atoms with Gasteiger partial charge in [-0.25, -0.2) is 0 Å². The Morgan fingerprint density at radius 1 is 1.45 bits per heavy atom. The van der Waals surface area contributed by atoms with Crippen molar-refractivity contribution in [2.45, 2.75) is 45.8 Å². The minimum atomic E-state index is 0.0391. The predicted molar refractivity (Wildman–Crippen MR) is 92.2 cm³/mol. The second-order valence-corrected chi connectivity index (χ2v) is 7.28. The number of carbonyl (C=O) groups is 1. The summed E-state index contributed by atoms with van der Waals surface area (Å²) in [6.07, 6.45) is 2.09. The predicted octanol–water partition coefficient (Wildman–Crippen LogP) is 3.44. The maximum atomic E-state index is 12.9. The van der Waals surface area contributed by atoms with Crippen molar-refractivity contribution >= 4 is 21.8 Å². The summed E-state index contributed by atoms with van der Waals surface area (Å²) < 4.78 is 6.57. The quantitative estimate of drug-likeness (QED) is 0.885. The molecule has 1 heterocycles. The molecule has 1 saturated heterocycles. The van der Waals surface area contributed by atoms with Gasteiger partial charge >= 0.3 is 0 Å². The van der Waals surface area contributed by atoms with Gasteiger partial charge in [0.15, 0.2) is 0 Å². The first-order valence-electron chi connectivity index (χ1n) is 7.89. The Bertz CT molecular complexity index is 533. The molecule has 22 heavy (non-hydrogen) atoms. The Morgan fingerprint density at radius 3 is 2.82 bits per heavy atom. The van der Waals surface area contributed by atoms with Crippen molar-refractivity contribution < 1.29 is 9.53 Å². The standard InChI is InChI=1S/C17H25BrN2O2/c1-11(2)22-16-8-13(7-14(18)9-16)17(21)20-5-4-12(3)6-15(20)10-19/h7-9,11-12,15H,4-6,10,19H2,1-3H3. The molecular weight excluding hydrogens is 344 g/mol. The Morgan fingerprint density at radius 2 is 2.18 bits per heavy atom. The molecule has 2 N–H and O–H groups in total. The lowest BCUT2D eigenvalue weighted by Gasteiger charge is -2.38. The minimum Gasteiger partial charge on any atom is -0.491 e. The van der Waals surface area contributed by atoms with Crippen LogP contribution in [0.3, 0.4) is 0 Å². The van der Waals surface area contributed by atoms with Crippen molar-refractivity contribution in [3.63, 3.8) is 0 Å². The molecule has 4 nitrogen and oxygen atoms in total. The summed E-state index contributed by atoms with van der Waals surface area (Å²) in [5, 5.41) is 0. The highest BCUT2D eigenvalue weighted by Crippen LogP contribution is 2.27. The molecule has 2 atom stereocenters. The number of nitrogens with two attached hydrogens (primary N) is 1. The van der Waals surface area contributed by atoms with E-state index in [1.807, 2.05) is 36.9 Å².